The van der Waals surface area contributed by atoms with Crippen LogP contribution in [0.3, 0.4) is 0 Å². The van der Waals surface area contributed by atoms with E-state index in [4.69, 9.17) is 4.74 Å². The van der Waals surface area contributed by atoms with E-state index >= 15 is 0 Å². The fourth-order valence-corrected chi connectivity index (χ4v) is 4.43. The van der Waals surface area contributed by atoms with Crippen LogP contribution in [-0.4, -0.2) is 21.4 Å². The van der Waals surface area contributed by atoms with Crippen LogP contribution >= 0.6 is 0 Å². The maximum atomic E-state index is 13.0. The Balaban J connectivity index is 2.34. The summed E-state index contributed by atoms with van der Waals surface area (Å²) in [7, 11) is -2.37. The molecule has 0 saturated carbocycles. The van der Waals surface area contributed by atoms with Crippen LogP contribution in [-0.2, 0) is 14.8 Å². The van der Waals surface area contributed by atoms with Gasteiger partial charge >= 0.3 is 0 Å². The number of carbonyl (C=O) groups excluding carboxylic acids is 1. The van der Waals surface area contributed by atoms with E-state index in [2.05, 4.69) is 23.9 Å². The van der Waals surface area contributed by atoms with Gasteiger partial charge in [-0.05, 0) is 35.1 Å². The summed E-state index contributed by atoms with van der Waals surface area (Å²) in [5.74, 6) is 0.482. The summed E-state index contributed by atoms with van der Waals surface area (Å²) in [6.07, 6.45) is 0. The van der Waals surface area contributed by atoms with E-state index in [0.717, 1.165) is 5.56 Å². The first kappa shape index (κ1) is 22.9. The highest BCUT2D eigenvalue weighted by Gasteiger charge is 2.25. The largest absolute Gasteiger partial charge is 0.495 e. The minimum Gasteiger partial charge on any atom is -0.495 e. The molecule has 1 atom stereocenters. The summed E-state index contributed by atoms with van der Waals surface area (Å²) < 4.78 is 34.1. The van der Waals surface area contributed by atoms with Crippen LogP contribution in [0.15, 0.2) is 47.4 Å². The topological polar surface area (TPSA) is 84.5 Å². The molecule has 1 amide bonds. The molecule has 0 aliphatic rings. The zero-order valence-electron chi connectivity index (χ0n) is 17.8. The maximum Gasteiger partial charge on any atom is 0.241 e. The molecular weight excluding hydrogens is 388 g/mol. The third-order valence-electron chi connectivity index (χ3n) is 4.71. The van der Waals surface area contributed by atoms with Gasteiger partial charge in [-0.2, -0.15) is 0 Å². The minimum absolute atomic E-state index is 0.0511. The third-order valence-corrected chi connectivity index (χ3v) is 6.14. The van der Waals surface area contributed by atoms with Crippen LogP contribution in [0.1, 0.15) is 57.7 Å². The highest BCUT2D eigenvalue weighted by molar-refractivity contribution is 7.89. The first-order valence-electron chi connectivity index (χ1n) is 9.63. The molecule has 2 rings (SSSR count). The summed E-state index contributed by atoms with van der Waals surface area (Å²) in [4.78, 5) is 11.4. The van der Waals surface area contributed by atoms with Crippen molar-refractivity contribution in [1.29, 1.82) is 0 Å². The van der Waals surface area contributed by atoms with Crippen LogP contribution in [0.5, 0.6) is 5.75 Å². The lowest BCUT2D eigenvalue weighted by Crippen LogP contribution is -2.32. The maximum absolute atomic E-state index is 13.0. The molecule has 0 unspecified atom stereocenters. The SMILES string of the molecule is COc1cc(S(=O)(=O)N[C@@H](c2ccc(C(C)C)cc2)C(C)C)ccc1NC(C)=O. The van der Waals surface area contributed by atoms with E-state index in [1.807, 2.05) is 38.1 Å². The molecule has 2 N–H and O–H groups in total. The van der Waals surface area contributed by atoms with Gasteiger partial charge in [0.25, 0.3) is 0 Å². The molecule has 0 aliphatic heterocycles. The van der Waals surface area contributed by atoms with Gasteiger partial charge in [-0.15, -0.1) is 0 Å². The number of sulfonamides is 1. The van der Waals surface area contributed by atoms with E-state index < -0.39 is 10.0 Å². The number of rotatable bonds is 8. The predicted molar refractivity (Wildman–Crippen MR) is 116 cm³/mol. The fourth-order valence-electron chi connectivity index (χ4n) is 3.04. The molecule has 0 heterocycles. The van der Waals surface area contributed by atoms with Gasteiger partial charge in [0.05, 0.1) is 17.7 Å². The highest BCUT2D eigenvalue weighted by Crippen LogP contribution is 2.30. The number of benzene rings is 2. The zero-order valence-corrected chi connectivity index (χ0v) is 18.6. The number of hydrogen-bond acceptors (Lipinski definition) is 4. The zero-order chi connectivity index (χ0) is 21.8. The van der Waals surface area contributed by atoms with Crippen molar-refractivity contribution in [2.45, 2.75) is 51.5 Å². The number of ether oxygens (including phenoxy) is 1. The van der Waals surface area contributed by atoms with Gasteiger partial charge in [-0.3, -0.25) is 4.79 Å². The summed E-state index contributed by atoms with van der Waals surface area (Å²) >= 11 is 0. The van der Waals surface area contributed by atoms with Crippen LogP contribution in [0.2, 0.25) is 0 Å². The van der Waals surface area contributed by atoms with Crippen LogP contribution in [0.25, 0.3) is 0 Å². The minimum atomic E-state index is -3.80. The van der Waals surface area contributed by atoms with E-state index in [1.54, 1.807) is 0 Å². The third kappa shape index (κ3) is 5.81. The first-order chi connectivity index (χ1) is 13.5. The van der Waals surface area contributed by atoms with Gasteiger partial charge in [0.15, 0.2) is 0 Å². The number of methoxy groups -OCH3 is 1. The Morgan fingerprint density at radius 2 is 1.55 bits per heavy atom. The first-order valence-corrected chi connectivity index (χ1v) is 11.1. The molecule has 29 heavy (non-hydrogen) atoms. The molecule has 0 fully saturated rings. The lowest BCUT2D eigenvalue weighted by atomic mass is 9.94. The number of nitrogens with one attached hydrogen (secondary N) is 2. The van der Waals surface area contributed by atoms with Gasteiger partial charge in [0.1, 0.15) is 5.75 Å². The summed E-state index contributed by atoms with van der Waals surface area (Å²) in [5.41, 5.74) is 2.54. The number of anilines is 1. The van der Waals surface area contributed by atoms with Gasteiger partial charge in [0.2, 0.25) is 15.9 Å². The second-order valence-corrected chi connectivity index (χ2v) is 9.42. The van der Waals surface area contributed by atoms with Crippen molar-refractivity contribution in [2.24, 2.45) is 5.92 Å². The average molecular weight is 419 g/mol. The van der Waals surface area contributed by atoms with E-state index in [-0.39, 0.29) is 28.5 Å². The molecule has 7 heteroatoms. The summed E-state index contributed by atoms with van der Waals surface area (Å²) in [6, 6.07) is 12.0. The highest BCUT2D eigenvalue weighted by atomic mass is 32.2. The molecule has 2 aromatic rings. The lowest BCUT2D eigenvalue weighted by Gasteiger charge is -2.23. The standard InChI is InChI=1S/C22H30N2O4S/c1-14(2)17-7-9-18(10-8-17)22(15(3)4)24-29(26,27)19-11-12-20(23-16(5)25)21(13-19)28-6/h7-15,22,24H,1-6H3,(H,23,25)/t22-/m1/s1. The van der Waals surface area contributed by atoms with Crippen LogP contribution < -0.4 is 14.8 Å². The average Bonchev–Trinajstić information content (AvgIpc) is 2.65. The van der Waals surface area contributed by atoms with Crippen molar-refractivity contribution in [3.8, 4) is 5.75 Å². The Morgan fingerprint density at radius 3 is 2.03 bits per heavy atom. The van der Waals surface area contributed by atoms with Gasteiger partial charge in [-0.1, -0.05) is 52.0 Å². The van der Waals surface area contributed by atoms with E-state index in [9.17, 15) is 13.2 Å². The van der Waals surface area contributed by atoms with Crippen molar-refractivity contribution < 1.29 is 17.9 Å². The van der Waals surface area contributed by atoms with Gasteiger partial charge in [0, 0.05) is 19.0 Å². The van der Waals surface area contributed by atoms with Crippen molar-refractivity contribution in [2.75, 3.05) is 12.4 Å². The van der Waals surface area contributed by atoms with Gasteiger partial charge < -0.3 is 10.1 Å². The molecule has 0 bridgehead atoms. The number of carbonyl (C=O) groups is 1. The number of hydrogen-bond donors (Lipinski definition) is 2. The van der Waals surface area contributed by atoms with Crippen molar-refractivity contribution >= 4 is 21.6 Å². The second-order valence-electron chi connectivity index (χ2n) is 7.71. The predicted octanol–water partition coefficient (Wildman–Crippen LogP) is 4.45. The molecule has 0 saturated heterocycles. The molecular formula is C22H30N2O4S. The summed E-state index contributed by atoms with van der Waals surface area (Å²) in [5, 5.41) is 2.62. The second kappa shape index (κ2) is 9.41. The van der Waals surface area contributed by atoms with Gasteiger partial charge in [-0.25, -0.2) is 13.1 Å². The molecule has 0 aliphatic carbocycles. The van der Waals surface area contributed by atoms with Crippen molar-refractivity contribution in [1.82, 2.24) is 4.72 Å². The Labute approximate surface area is 173 Å². The Morgan fingerprint density at radius 1 is 0.966 bits per heavy atom. The monoisotopic (exact) mass is 418 g/mol. The van der Waals surface area contributed by atoms with Crippen molar-refractivity contribution in [3.63, 3.8) is 0 Å². The Bertz CT molecular complexity index is 951. The van der Waals surface area contributed by atoms with Crippen LogP contribution in [0, 0.1) is 5.92 Å². The molecule has 2 aromatic carbocycles. The van der Waals surface area contributed by atoms with E-state index in [1.165, 1.54) is 37.8 Å². The Hall–Kier alpha value is -2.38. The molecule has 0 spiro atoms. The quantitative estimate of drug-likeness (QED) is 0.663. The van der Waals surface area contributed by atoms with Crippen molar-refractivity contribution in [3.05, 3.63) is 53.6 Å². The van der Waals surface area contributed by atoms with E-state index in [0.29, 0.717) is 11.6 Å². The molecule has 6 nitrogen and oxygen atoms in total. The van der Waals surface area contributed by atoms with Crippen LogP contribution in [0.4, 0.5) is 5.69 Å². The fraction of sp³-hybridized carbons (Fsp3) is 0.409. The molecule has 158 valence electrons. The summed E-state index contributed by atoms with van der Waals surface area (Å²) in [6.45, 7) is 9.57. The molecule has 0 radical (unpaired) electrons. The molecule has 0 aromatic heterocycles. The normalized spacial score (nSPS) is 12.8. The Kier molecular flexibility index (Phi) is 7.43. The smallest absolute Gasteiger partial charge is 0.241 e. The lowest BCUT2D eigenvalue weighted by molar-refractivity contribution is -0.114. The number of amides is 1.